The molecule has 0 aromatic heterocycles. The van der Waals surface area contributed by atoms with Gasteiger partial charge in [0, 0.05) is 19.0 Å². The fraction of sp³-hybridized carbons (Fsp3) is 0.923. The Hall–Kier alpha value is -0.530. The van der Waals surface area contributed by atoms with Crippen molar-refractivity contribution in [2.24, 2.45) is 11.8 Å². The lowest BCUT2D eigenvalue weighted by molar-refractivity contribution is -0.136. The maximum atomic E-state index is 12.3. The van der Waals surface area contributed by atoms with Gasteiger partial charge in [-0.15, -0.1) is 0 Å². The molecule has 2 unspecified atom stereocenters. The maximum Gasteiger partial charge on any atom is 0.225 e. The minimum atomic E-state index is 0.350. The summed E-state index contributed by atoms with van der Waals surface area (Å²) in [5.41, 5.74) is 0. The van der Waals surface area contributed by atoms with E-state index < -0.39 is 0 Å². The molecule has 0 aromatic rings. The van der Waals surface area contributed by atoms with E-state index >= 15 is 0 Å². The van der Waals surface area contributed by atoms with E-state index in [4.69, 9.17) is 0 Å². The van der Waals surface area contributed by atoms with E-state index in [1.54, 1.807) is 0 Å². The summed E-state index contributed by atoms with van der Waals surface area (Å²) >= 11 is 0. The molecule has 0 N–H and O–H groups in total. The first-order valence-electron chi connectivity index (χ1n) is 6.58. The van der Waals surface area contributed by atoms with Crippen LogP contribution in [-0.4, -0.2) is 23.9 Å². The van der Waals surface area contributed by atoms with E-state index in [-0.39, 0.29) is 0 Å². The van der Waals surface area contributed by atoms with Crippen molar-refractivity contribution in [1.82, 2.24) is 4.90 Å². The molecule has 1 amide bonds. The van der Waals surface area contributed by atoms with Crippen LogP contribution in [0.5, 0.6) is 0 Å². The highest BCUT2D eigenvalue weighted by atomic mass is 16.2. The van der Waals surface area contributed by atoms with E-state index in [1.807, 2.05) is 0 Å². The lowest BCUT2D eigenvalue weighted by Gasteiger charge is -2.25. The topological polar surface area (TPSA) is 20.3 Å². The van der Waals surface area contributed by atoms with E-state index in [1.165, 1.54) is 38.5 Å². The lowest BCUT2D eigenvalue weighted by atomic mass is 9.96. The Morgan fingerprint density at radius 2 is 1.67 bits per heavy atom. The number of amides is 1. The van der Waals surface area contributed by atoms with Crippen molar-refractivity contribution in [2.45, 2.75) is 51.9 Å². The molecule has 2 nitrogen and oxygen atoms in total. The van der Waals surface area contributed by atoms with Gasteiger partial charge < -0.3 is 4.90 Å². The molecule has 2 fully saturated rings. The molecule has 2 aliphatic rings. The minimum Gasteiger partial charge on any atom is -0.342 e. The first-order chi connectivity index (χ1) is 7.29. The number of carbonyl (C=O) groups excluding carboxylic acids is 1. The number of nitrogens with zero attached hydrogens (tertiary/aromatic N) is 1. The Labute approximate surface area is 93.0 Å². The van der Waals surface area contributed by atoms with Gasteiger partial charge in [-0.1, -0.05) is 26.2 Å². The first kappa shape index (κ1) is 11.0. The van der Waals surface area contributed by atoms with Crippen LogP contribution in [0, 0.1) is 11.8 Å². The molecular formula is C13H23NO. The van der Waals surface area contributed by atoms with Gasteiger partial charge in [-0.25, -0.2) is 0 Å². The van der Waals surface area contributed by atoms with Gasteiger partial charge in [0.25, 0.3) is 0 Å². The van der Waals surface area contributed by atoms with Crippen molar-refractivity contribution in [2.75, 3.05) is 13.1 Å². The van der Waals surface area contributed by atoms with Crippen LogP contribution < -0.4 is 0 Å². The highest BCUT2D eigenvalue weighted by Crippen LogP contribution is 2.33. The molecule has 0 bridgehead atoms. The number of rotatable bonds is 1. The second-order valence-electron chi connectivity index (χ2n) is 5.25. The van der Waals surface area contributed by atoms with Crippen molar-refractivity contribution in [3.63, 3.8) is 0 Å². The number of likely N-dealkylation sites (tertiary alicyclic amines) is 1. The van der Waals surface area contributed by atoms with Crippen LogP contribution >= 0.6 is 0 Å². The Morgan fingerprint density at radius 1 is 1.00 bits per heavy atom. The van der Waals surface area contributed by atoms with Crippen molar-refractivity contribution >= 4 is 5.91 Å². The molecule has 86 valence electrons. The second-order valence-corrected chi connectivity index (χ2v) is 5.25. The average Bonchev–Trinajstić information content (AvgIpc) is 2.53. The van der Waals surface area contributed by atoms with Crippen molar-refractivity contribution in [1.29, 1.82) is 0 Å². The average molecular weight is 209 g/mol. The Bertz CT molecular complexity index is 219. The Balaban J connectivity index is 1.93. The number of hydrogen-bond acceptors (Lipinski definition) is 1. The smallest absolute Gasteiger partial charge is 0.225 e. The third kappa shape index (κ3) is 2.53. The summed E-state index contributed by atoms with van der Waals surface area (Å²) in [6.45, 7) is 4.28. The zero-order chi connectivity index (χ0) is 10.7. The quantitative estimate of drug-likeness (QED) is 0.650. The van der Waals surface area contributed by atoms with E-state index in [0.29, 0.717) is 17.7 Å². The molecule has 0 spiro atoms. The summed E-state index contributed by atoms with van der Waals surface area (Å²) in [4.78, 5) is 14.4. The molecule has 0 aromatic carbocycles. The van der Waals surface area contributed by atoms with Crippen LogP contribution in [0.25, 0.3) is 0 Å². The van der Waals surface area contributed by atoms with Gasteiger partial charge >= 0.3 is 0 Å². The summed E-state index contributed by atoms with van der Waals surface area (Å²) in [6, 6.07) is 0. The minimum absolute atomic E-state index is 0.350. The van der Waals surface area contributed by atoms with Crippen molar-refractivity contribution in [3.05, 3.63) is 0 Å². The molecule has 1 aliphatic heterocycles. The highest BCUT2D eigenvalue weighted by molar-refractivity contribution is 5.79. The van der Waals surface area contributed by atoms with Gasteiger partial charge in [-0.05, 0) is 31.6 Å². The van der Waals surface area contributed by atoms with Gasteiger partial charge in [0.05, 0.1) is 0 Å². The SMILES string of the molecule is CC1CCCC1C(=O)N1CCCCCC1. The molecule has 2 heteroatoms. The molecule has 1 saturated heterocycles. The molecular weight excluding hydrogens is 186 g/mol. The standard InChI is InChI=1S/C13H23NO/c1-11-7-6-8-12(11)13(15)14-9-4-2-3-5-10-14/h11-12H,2-10H2,1H3. The van der Waals surface area contributed by atoms with Gasteiger partial charge in [0.2, 0.25) is 5.91 Å². The fourth-order valence-corrected chi connectivity index (χ4v) is 3.04. The molecule has 2 rings (SSSR count). The van der Waals surface area contributed by atoms with Gasteiger partial charge in [-0.3, -0.25) is 4.79 Å². The number of carbonyl (C=O) groups is 1. The normalized spacial score (nSPS) is 32.7. The zero-order valence-electron chi connectivity index (χ0n) is 9.87. The van der Waals surface area contributed by atoms with Gasteiger partial charge in [0.15, 0.2) is 0 Å². The largest absolute Gasteiger partial charge is 0.342 e. The van der Waals surface area contributed by atoms with E-state index in [2.05, 4.69) is 11.8 Å². The zero-order valence-corrected chi connectivity index (χ0v) is 9.87. The molecule has 1 saturated carbocycles. The summed E-state index contributed by atoms with van der Waals surface area (Å²) in [5, 5.41) is 0. The van der Waals surface area contributed by atoms with Crippen LogP contribution in [0.2, 0.25) is 0 Å². The highest BCUT2D eigenvalue weighted by Gasteiger charge is 2.32. The van der Waals surface area contributed by atoms with Crippen LogP contribution in [0.15, 0.2) is 0 Å². The summed E-state index contributed by atoms with van der Waals surface area (Å²) in [5.74, 6) is 1.44. The number of hydrogen-bond donors (Lipinski definition) is 0. The van der Waals surface area contributed by atoms with Crippen molar-refractivity contribution in [3.8, 4) is 0 Å². The van der Waals surface area contributed by atoms with Crippen molar-refractivity contribution < 1.29 is 4.79 Å². The van der Waals surface area contributed by atoms with Crippen LogP contribution in [-0.2, 0) is 4.79 Å². The monoisotopic (exact) mass is 209 g/mol. The summed E-state index contributed by atoms with van der Waals surface area (Å²) in [7, 11) is 0. The van der Waals surface area contributed by atoms with E-state index in [9.17, 15) is 4.79 Å². The Kier molecular flexibility index (Phi) is 3.66. The molecule has 1 aliphatic carbocycles. The maximum absolute atomic E-state index is 12.3. The summed E-state index contributed by atoms with van der Waals surface area (Å²) < 4.78 is 0. The molecule has 1 heterocycles. The third-order valence-electron chi connectivity index (χ3n) is 4.10. The molecule has 15 heavy (non-hydrogen) atoms. The van der Waals surface area contributed by atoms with Gasteiger partial charge in [-0.2, -0.15) is 0 Å². The first-order valence-corrected chi connectivity index (χ1v) is 6.58. The molecule has 0 radical (unpaired) electrons. The second kappa shape index (κ2) is 5.00. The predicted molar refractivity (Wildman–Crippen MR) is 61.6 cm³/mol. The lowest BCUT2D eigenvalue weighted by Crippen LogP contribution is -2.37. The van der Waals surface area contributed by atoms with E-state index in [0.717, 1.165) is 19.5 Å². The summed E-state index contributed by atoms with van der Waals surface area (Å²) in [6.07, 6.45) is 8.69. The fourth-order valence-electron chi connectivity index (χ4n) is 3.04. The van der Waals surface area contributed by atoms with Crippen LogP contribution in [0.3, 0.4) is 0 Å². The predicted octanol–water partition coefficient (Wildman–Crippen LogP) is 2.83. The third-order valence-corrected chi connectivity index (χ3v) is 4.10. The van der Waals surface area contributed by atoms with Gasteiger partial charge in [0.1, 0.15) is 0 Å². The van der Waals surface area contributed by atoms with Crippen LogP contribution in [0.4, 0.5) is 0 Å². The Morgan fingerprint density at radius 3 is 2.20 bits per heavy atom. The van der Waals surface area contributed by atoms with Crippen LogP contribution in [0.1, 0.15) is 51.9 Å². The molecule has 2 atom stereocenters.